The van der Waals surface area contributed by atoms with Gasteiger partial charge >= 0.3 is 6.03 Å². The third-order valence-electron chi connectivity index (χ3n) is 4.44. The quantitative estimate of drug-likeness (QED) is 0.583. The van der Waals surface area contributed by atoms with Crippen LogP contribution in [0.15, 0.2) is 23.1 Å². The zero-order valence-electron chi connectivity index (χ0n) is 12.5. The zero-order valence-corrected chi connectivity index (χ0v) is 14.1. The largest absolute Gasteiger partial charge is 0.348 e. The van der Waals surface area contributed by atoms with E-state index in [0.29, 0.717) is 18.2 Å². The topological polar surface area (TPSA) is 104 Å². The third kappa shape index (κ3) is 2.98. The fourth-order valence-electron chi connectivity index (χ4n) is 3.29. The van der Waals surface area contributed by atoms with Crippen LogP contribution in [0.1, 0.15) is 12.8 Å². The van der Waals surface area contributed by atoms with Crippen molar-refractivity contribution in [1.29, 1.82) is 0 Å². The molecule has 2 aliphatic rings. The first-order valence-electron chi connectivity index (χ1n) is 7.30. The number of hydroxylamine groups is 2. The normalized spacial score (nSPS) is 30.0. The summed E-state index contributed by atoms with van der Waals surface area (Å²) in [7, 11) is -4.27. The second-order valence-electron chi connectivity index (χ2n) is 5.93. The van der Waals surface area contributed by atoms with Gasteiger partial charge in [-0.1, -0.05) is 0 Å². The number of nitrogens with zero attached hydrogens (tertiary/aromatic N) is 1. The molecule has 11 heteroatoms. The van der Waals surface area contributed by atoms with Gasteiger partial charge in [-0.15, -0.1) is 16.7 Å². The van der Waals surface area contributed by atoms with Crippen LogP contribution in [0, 0.1) is 17.6 Å². The molecule has 3 rings (SSSR count). The van der Waals surface area contributed by atoms with E-state index >= 15 is 0 Å². The van der Waals surface area contributed by atoms with Crippen molar-refractivity contribution in [2.75, 3.05) is 0 Å². The number of nitrogens with one attached hydrogen (secondary N) is 1. The number of urea groups is 1. The van der Waals surface area contributed by atoms with Crippen molar-refractivity contribution in [1.82, 2.24) is 10.4 Å². The maximum atomic E-state index is 13.4. The van der Waals surface area contributed by atoms with Gasteiger partial charge in [0, 0.05) is 11.4 Å². The molecule has 4 unspecified atom stereocenters. The Hall–Kier alpha value is -1.78. The molecular formula is C14H13ClF2N2O5S. The van der Waals surface area contributed by atoms with Crippen LogP contribution in [0.25, 0.3) is 0 Å². The van der Waals surface area contributed by atoms with E-state index in [4.69, 9.17) is 11.6 Å². The Morgan fingerprint density at radius 1 is 1.16 bits per heavy atom. The van der Waals surface area contributed by atoms with Gasteiger partial charge in [-0.05, 0) is 25.0 Å². The summed E-state index contributed by atoms with van der Waals surface area (Å²) in [5.74, 6) is -4.31. The summed E-state index contributed by atoms with van der Waals surface area (Å²) in [4.78, 5) is 23.2. The molecule has 4 atom stereocenters. The Balaban J connectivity index is 2.04. The van der Waals surface area contributed by atoms with Gasteiger partial charge in [0.25, 0.3) is 5.91 Å². The number of alkyl halides is 1. The summed E-state index contributed by atoms with van der Waals surface area (Å²) in [5, 5.41) is 9.44. The van der Waals surface area contributed by atoms with Gasteiger partial charge < -0.3 is 5.32 Å². The second-order valence-corrected chi connectivity index (χ2v) is 8.66. The van der Waals surface area contributed by atoms with Crippen molar-refractivity contribution >= 4 is 33.4 Å². The number of hydrogen-bond acceptors (Lipinski definition) is 5. The lowest BCUT2D eigenvalue weighted by atomic mass is 9.82. The van der Waals surface area contributed by atoms with Gasteiger partial charge in [0.15, 0.2) is 9.84 Å². The fraction of sp³-hybridized carbons (Fsp3) is 0.429. The van der Waals surface area contributed by atoms with E-state index in [9.17, 15) is 32.0 Å². The van der Waals surface area contributed by atoms with Crippen LogP contribution in [0.2, 0.25) is 0 Å². The smallest absolute Gasteiger partial charge is 0.331 e. The molecule has 136 valence electrons. The number of imide groups is 1. The number of hydrogen-bond donors (Lipinski definition) is 2. The van der Waals surface area contributed by atoms with Gasteiger partial charge in [0.1, 0.15) is 11.6 Å². The highest BCUT2D eigenvalue weighted by atomic mass is 35.5. The van der Waals surface area contributed by atoms with Gasteiger partial charge in [-0.25, -0.2) is 22.0 Å². The van der Waals surface area contributed by atoms with Crippen LogP contribution >= 0.6 is 11.6 Å². The Morgan fingerprint density at radius 2 is 1.76 bits per heavy atom. The van der Waals surface area contributed by atoms with Crippen molar-refractivity contribution in [2.24, 2.45) is 5.92 Å². The Kier molecular flexibility index (Phi) is 4.46. The Bertz CT molecular complexity index is 829. The van der Waals surface area contributed by atoms with Gasteiger partial charge in [0.2, 0.25) is 0 Å². The summed E-state index contributed by atoms with van der Waals surface area (Å²) in [5.41, 5.74) is 0. The standard InChI is InChI=1S/C14H13ClF2N2O5S/c15-9-1-2-10(12-11(9)13(20)19(22)14(21)18-12)25(23,24)8-4-6(16)3-7(17)5-8/h3-5,9-12,22H,1-2H2,(H,18,21). The Labute approximate surface area is 146 Å². The molecule has 0 bridgehead atoms. The van der Waals surface area contributed by atoms with E-state index in [-0.39, 0.29) is 17.9 Å². The minimum atomic E-state index is -4.27. The van der Waals surface area contributed by atoms with E-state index in [1.54, 1.807) is 0 Å². The number of carbonyl (C=O) groups excluding carboxylic acids is 2. The van der Waals surface area contributed by atoms with Crippen LogP contribution in [-0.2, 0) is 14.6 Å². The van der Waals surface area contributed by atoms with Gasteiger partial charge in [-0.3, -0.25) is 10.0 Å². The maximum absolute atomic E-state index is 13.4. The monoisotopic (exact) mass is 394 g/mol. The summed E-state index contributed by atoms with van der Waals surface area (Å²) in [6.45, 7) is 0. The SMILES string of the molecule is O=C1NC2C(C(=O)N1O)C(Cl)CCC2S(=O)(=O)c1cc(F)cc(F)c1. The minimum Gasteiger partial charge on any atom is -0.331 e. The van der Waals surface area contributed by atoms with Crippen LogP contribution in [-0.4, -0.2) is 47.3 Å². The molecule has 2 N–H and O–H groups in total. The molecule has 25 heavy (non-hydrogen) atoms. The number of benzene rings is 1. The molecule has 1 aliphatic heterocycles. The van der Waals surface area contributed by atoms with Crippen molar-refractivity contribution < 1.29 is 32.0 Å². The van der Waals surface area contributed by atoms with E-state index in [0.717, 1.165) is 0 Å². The molecule has 7 nitrogen and oxygen atoms in total. The molecular weight excluding hydrogens is 382 g/mol. The van der Waals surface area contributed by atoms with E-state index in [2.05, 4.69) is 5.32 Å². The molecule has 1 aromatic rings. The number of carbonyl (C=O) groups is 2. The highest BCUT2D eigenvalue weighted by Gasteiger charge is 2.53. The summed E-state index contributed by atoms with van der Waals surface area (Å²) >= 11 is 6.09. The average molecular weight is 395 g/mol. The summed E-state index contributed by atoms with van der Waals surface area (Å²) in [6.07, 6.45) is 0.0919. The molecule has 3 amide bonds. The second kappa shape index (κ2) is 6.19. The van der Waals surface area contributed by atoms with Crippen molar-refractivity contribution in [3.05, 3.63) is 29.8 Å². The van der Waals surface area contributed by atoms with Crippen molar-refractivity contribution in [3.63, 3.8) is 0 Å². The van der Waals surface area contributed by atoms with Gasteiger partial charge in [0.05, 0.1) is 22.1 Å². The highest BCUT2D eigenvalue weighted by molar-refractivity contribution is 7.92. The molecule has 1 saturated carbocycles. The van der Waals surface area contributed by atoms with E-state index < -0.39 is 60.9 Å². The van der Waals surface area contributed by atoms with E-state index in [1.807, 2.05) is 0 Å². The lowest BCUT2D eigenvalue weighted by Gasteiger charge is -2.43. The fourth-order valence-corrected chi connectivity index (χ4v) is 5.65. The number of halogens is 3. The summed E-state index contributed by atoms with van der Waals surface area (Å²) in [6, 6.07) is -0.512. The molecule has 1 aliphatic carbocycles. The van der Waals surface area contributed by atoms with Crippen LogP contribution < -0.4 is 5.32 Å². The predicted molar refractivity (Wildman–Crippen MR) is 80.6 cm³/mol. The number of amides is 3. The third-order valence-corrected chi connectivity index (χ3v) is 7.15. The first-order chi connectivity index (χ1) is 11.6. The number of rotatable bonds is 2. The maximum Gasteiger partial charge on any atom is 0.348 e. The van der Waals surface area contributed by atoms with Gasteiger partial charge in [-0.2, -0.15) is 0 Å². The first-order valence-corrected chi connectivity index (χ1v) is 9.28. The molecule has 0 aromatic heterocycles. The predicted octanol–water partition coefficient (Wildman–Crippen LogP) is 1.43. The van der Waals surface area contributed by atoms with Crippen LogP contribution in [0.4, 0.5) is 13.6 Å². The zero-order chi connectivity index (χ0) is 18.5. The molecule has 1 saturated heterocycles. The van der Waals surface area contributed by atoms with Crippen molar-refractivity contribution in [2.45, 2.75) is 34.4 Å². The molecule has 2 fully saturated rings. The highest BCUT2D eigenvalue weighted by Crippen LogP contribution is 2.38. The molecule has 1 aromatic carbocycles. The molecule has 1 heterocycles. The van der Waals surface area contributed by atoms with Crippen molar-refractivity contribution in [3.8, 4) is 0 Å². The lowest BCUT2D eigenvalue weighted by Crippen LogP contribution is -2.67. The van der Waals surface area contributed by atoms with Crippen LogP contribution in [0.3, 0.4) is 0 Å². The minimum absolute atomic E-state index is 0.0191. The van der Waals surface area contributed by atoms with E-state index in [1.165, 1.54) is 0 Å². The first kappa shape index (κ1) is 18.0. The molecule has 0 radical (unpaired) electrons. The average Bonchev–Trinajstić information content (AvgIpc) is 2.51. The van der Waals surface area contributed by atoms with Crippen LogP contribution in [0.5, 0.6) is 0 Å². The summed E-state index contributed by atoms with van der Waals surface area (Å²) < 4.78 is 52.5. The number of sulfone groups is 1. The number of fused-ring (bicyclic) bond motifs is 1. The molecule has 0 spiro atoms. The lowest BCUT2D eigenvalue weighted by molar-refractivity contribution is -0.163. The Morgan fingerprint density at radius 3 is 2.36 bits per heavy atom.